The molecule has 0 aliphatic heterocycles. The highest BCUT2D eigenvalue weighted by Gasteiger charge is 2.34. The highest BCUT2D eigenvalue weighted by molar-refractivity contribution is 7.92. The largest absolute Gasteiger partial charge is 0.352 e. The summed E-state index contributed by atoms with van der Waals surface area (Å²) in [5, 5.41) is 3.38. The molecule has 41 heavy (non-hydrogen) atoms. The van der Waals surface area contributed by atoms with Gasteiger partial charge in [0.2, 0.25) is 11.8 Å². The first-order valence-corrected chi connectivity index (χ1v) is 15.7. The van der Waals surface area contributed by atoms with Crippen LogP contribution in [-0.4, -0.2) is 43.8 Å². The standard InChI is InChI=1S/C32H40ClN3O4S/c1-7-25(6)34-32(38)30(8-2)35(20-26-11-9-10-23(4)18-26)31(37)21-36(27-15-14-24(5)29(33)19-27)41(39,40)28-16-12-22(3)13-17-28/h9-19,25,30H,7-8,20-21H2,1-6H3,(H,34,38)/t25-,30-/m0/s1. The van der Waals surface area contributed by atoms with E-state index in [9.17, 15) is 18.0 Å². The number of nitrogens with one attached hydrogen (secondary N) is 1. The third-order valence-corrected chi connectivity index (χ3v) is 9.35. The van der Waals surface area contributed by atoms with Crippen LogP contribution in [0.3, 0.4) is 0 Å². The summed E-state index contributed by atoms with van der Waals surface area (Å²) in [4.78, 5) is 29.1. The molecule has 0 aliphatic carbocycles. The van der Waals surface area contributed by atoms with Gasteiger partial charge in [-0.15, -0.1) is 0 Å². The Labute approximate surface area is 249 Å². The van der Waals surface area contributed by atoms with E-state index in [4.69, 9.17) is 11.6 Å². The summed E-state index contributed by atoms with van der Waals surface area (Å²) in [7, 11) is -4.16. The number of rotatable bonds is 12. The minimum absolute atomic E-state index is 0.0550. The van der Waals surface area contributed by atoms with Crippen LogP contribution in [0.5, 0.6) is 0 Å². The molecule has 0 bridgehead atoms. The van der Waals surface area contributed by atoms with Crippen LogP contribution in [0.1, 0.15) is 55.9 Å². The molecule has 9 heteroatoms. The molecular formula is C32H40ClN3O4S. The monoisotopic (exact) mass is 597 g/mol. The predicted octanol–water partition coefficient (Wildman–Crippen LogP) is 6.18. The van der Waals surface area contributed by atoms with Gasteiger partial charge in [0.15, 0.2) is 0 Å². The molecular weight excluding hydrogens is 558 g/mol. The molecule has 3 aromatic carbocycles. The molecule has 2 atom stereocenters. The van der Waals surface area contributed by atoms with Gasteiger partial charge in [0.25, 0.3) is 10.0 Å². The number of carbonyl (C=O) groups excluding carboxylic acids is 2. The highest BCUT2D eigenvalue weighted by Crippen LogP contribution is 2.29. The fraction of sp³-hybridized carbons (Fsp3) is 0.375. The molecule has 220 valence electrons. The molecule has 0 unspecified atom stereocenters. The lowest BCUT2D eigenvalue weighted by molar-refractivity contribution is -0.140. The summed E-state index contributed by atoms with van der Waals surface area (Å²) >= 11 is 6.40. The first-order chi connectivity index (χ1) is 19.4. The van der Waals surface area contributed by atoms with Crippen molar-refractivity contribution in [2.45, 2.75) is 77.9 Å². The van der Waals surface area contributed by atoms with E-state index in [2.05, 4.69) is 5.32 Å². The van der Waals surface area contributed by atoms with Crippen molar-refractivity contribution >= 4 is 39.1 Å². The van der Waals surface area contributed by atoms with Gasteiger partial charge in [0, 0.05) is 17.6 Å². The van der Waals surface area contributed by atoms with Crippen LogP contribution in [0.2, 0.25) is 5.02 Å². The molecule has 3 rings (SSSR count). The lowest BCUT2D eigenvalue weighted by Gasteiger charge is -2.34. The molecule has 0 heterocycles. The third-order valence-electron chi connectivity index (χ3n) is 7.15. The first kappa shape index (κ1) is 32.2. The van der Waals surface area contributed by atoms with Gasteiger partial charge < -0.3 is 10.2 Å². The number of aryl methyl sites for hydroxylation is 3. The molecule has 1 N–H and O–H groups in total. The van der Waals surface area contributed by atoms with Crippen molar-refractivity contribution in [1.82, 2.24) is 10.2 Å². The average molecular weight is 598 g/mol. The Morgan fingerprint density at radius 3 is 2.17 bits per heavy atom. The fourth-order valence-corrected chi connectivity index (χ4v) is 6.05. The molecule has 0 fully saturated rings. The maximum atomic E-state index is 14.2. The zero-order chi connectivity index (χ0) is 30.3. The molecule has 2 amide bonds. The normalized spacial score (nSPS) is 12.9. The van der Waals surface area contributed by atoms with Crippen molar-refractivity contribution < 1.29 is 18.0 Å². The quantitative estimate of drug-likeness (QED) is 0.270. The zero-order valence-corrected chi connectivity index (χ0v) is 26.2. The highest BCUT2D eigenvalue weighted by atomic mass is 35.5. The van der Waals surface area contributed by atoms with Crippen molar-refractivity contribution in [3.05, 3.63) is 94.0 Å². The van der Waals surface area contributed by atoms with Crippen molar-refractivity contribution in [3.63, 3.8) is 0 Å². The van der Waals surface area contributed by atoms with E-state index < -0.39 is 28.5 Å². The van der Waals surface area contributed by atoms with Crippen LogP contribution in [0, 0.1) is 20.8 Å². The number of benzene rings is 3. The lowest BCUT2D eigenvalue weighted by Crippen LogP contribution is -2.53. The third kappa shape index (κ3) is 8.11. The SMILES string of the molecule is CC[C@H](C)NC(=O)[C@H](CC)N(Cc1cccc(C)c1)C(=O)CN(c1ccc(C)c(Cl)c1)S(=O)(=O)c1ccc(C)cc1. The topological polar surface area (TPSA) is 86.8 Å². The average Bonchev–Trinajstić information content (AvgIpc) is 2.93. The van der Waals surface area contributed by atoms with Gasteiger partial charge in [-0.1, -0.05) is 79.0 Å². The second kappa shape index (κ2) is 14.0. The number of sulfonamides is 1. The fourth-order valence-electron chi connectivity index (χ4n) is 4.47. The smallest absolute Gasteiger partial charge is 0.264 e. The summed E-state index contributed by atoms with van der Waals surface area (Å²) in [5.41, 5.74) is 3.82. The number of halogens is 1. The Kier molecular flexibility index (Phi) is 11.0. The van der Waals surface area contributed by atoms with Gasteiger partial charge in [0.05, 0.1) is 10.6 Å². The summed E-state index contributed by atoms with van der Waals surface area (Å²) in [6, 6.07) is 18.2. The van der Waals surface area contributed by atoms with Gasteiger partial charge in [-0.2, -0.15) is 0 Å². The number of amides is 2. The van der Waals surface area contributed by atoms with E-state index >= 15 is 0 Å². The molecule has 0 saturated carbocycles. The Balaban J connectivity index is 2.09. The number of anilines is 1. The lowest BCUT2D eigenvalue weighted by atomic mass is 10.1. The molecule has 7 nitrogen and oxygen atoms in total. The first-order valence-electron chi connectivity index (χ1n) is 13.9. The maximum absolute atomic E-state index is 14.2. The van der Waals surface area contributed by atoms with E-state index in [1.54, 1.807) is 30.3 Å². The van der Waals surface area contributed by atoms with Crippen molar-refractivity contribution in [3.8, 4) is 0 Å². The van der Waals surface area contributed by atoms with Crippen LogP contribution < -0.4 is 9.62 Å². The van der Waals surface area contributed by atoms with Crippen molar-refractivity contribution in [1.29, 1.82) is 0 Å². The van der Waals surface area contributed by atoms with Gasteiger partial charge >= 0.3 is 0 Å². The maximum Gasteiger partial charge on any atom is 0.264 e. The summed E-state index contributed by atoms with van der Waals surface area (Å²) in [6.07, 6.45) is 1.10. The second-order valence-electron chi connectivity index (χ2n) is 10.5. The minimum atomic E-state index is -4.16. The Hall–Kier alpha value is -3.36. The Morgan fingerprint density at radius 1 is 0.902 bits per heavy atom. The van der Waals surface area contributed by atoms with E-state index in [0.29, 0.717) is 11.4 Å². The van der Waals surface area contributed by atoms with E-state index in [1.165, 1.54) is 17.0 Å². The van der Waals surface area contributed by atoms with E-state index in [0.717, 1.165) is 33.0 Å². The second-order valence-corrected chi connectivity index (χ2v) is 12.8. The molecule has 0 radical (unpaired) electrons. The number of carbonyl (C=O) groups is 2. The number of nitrogens with zero attached hydrogens (tertiary/aromatic N) is 2. The Bertz CT molecular complexity index is 1470. The van der Waals surface area contributed by atoms with Crippen LogP contribution in [0.25, 0.3) is 0 Å². The Morgan fingerprint density at radius 2 is 1.59 bits per heavy atom. The van der Waals surface area contributed by atoms with Gasteiger partial charge in [-0.05, 0) is 75.9 Å². The molecule has 0 aliphatic rings. The van der Waals surface area contributed by atoms with Crippen LogP contribution in [0.15, 0.2) is 71.6 Å². The molecule has 0 aromatic heterocycles. The molecule has 0 spiro atoms. The van der Waals surface area contributed by atoms with E-state index in [1.807, 2.05) is 65.8 Å². The summed E-state index contributed by atoms with van der Waals surface area (Å²) in [6.45, 7) is 11.0. The minimum Gasteiger partial charge on any atom is -0.352 e. The van der Waals surface area contributed by atoms with Gasteiger partial charge in [-0.3, -0.25) is 13.9 Å². The summed E-state index contributed by atoms with van der Waals surface area (Å²) in [5.74, 6) is -0.765. The van der Waals surface area contributed by atoms with Gasteiger partial charge in [0.1, 0.15) is 12.6 Å². The number of hydrogen-bond acceptors (Lipinski definition) is 4. The van der Waals surface area contributed by atoms with Crippen molar-refractivity contribution in [2.75, 3.05) is 10.8 Å². The van der Waals surface area contributed by atoms with Gasteiger partial charge in [-0.25, -0.2) is 8.42 Å². The van der Waals surface area contributed by atoms with Crippen molar-refractivity contribution in [2.24, 2.45) is 0 Å². The molecule has 3 aromatic rings. The van der Waals surface area contributed by atoms with Crippen LogP contribution >= 0.6 is 11.6 Å². The number of hydrogen-bond donors (Lipinski definition) is 1. The van der Waals surface area contributed by atoms with Crippen LogP contribution in [0.4, 0.5) is 5.69 Å². The van der Waals surface area contributed by atoms with Crippen LogP contribution in [-0.2, 0) is 26.2 Å². The predicted molar refractivity (Wildman–Crippen MR) is 166 cm³/mol. The zero-order valence-electron chi connectivity index (χ0n) is 24.6. The molecule has 0 saturated heterocycles. The van der Waals surface area contributed by atoms with E-state index in [-0.39, 0.29) is 29.1 Å². The summed E-state index contributed by atoms with van der Waals surface area (Å²) < 4.78 is 29.1.